The largest absolute Gasteiger partial charge is 0.359 e. The molecule has 1 fully saturated rings. The number of epoxide rings is 1. The first-order valence-corrected chi connectivity index (χ1v) is 3.27. The van der Waals surface area contributed by atoms with Crippen molar-refractivity contribution in [1.82, 2.24) is 10.4 Å². The molecule has 1 heterocycles. The van der Waals surface area contributed by atoms with Crippen LogP contribution < -0.4 is 5.43 Å². The van der Waals surface area contributed by atoms with Crippen molar-refractivity contribution in [2.75, 3.05) is 14.1 Å². The highest BCUT2D eigenvalue weighted by Crippen LogP contribution is 2.21. The van der Waals surface area contributed by atoms with Gasteiger partial charge >= 0.3 is 0 Å². The Labute approximate surface area is 60.1 Å². The third kappa shape index (κ3) is 1.27. The lowest BCUT2D eigenvalue weighted by Crippen LogP contribution is -2.39. The predicted molar refractivity (Wildman–Crippen MR) is 36.2 cm³/mol. The van der Waals surface area contributed by atoms with Gasteiger partial charge in [0.05, 0.1) is 6.10 Å². The van der Waals surface area contributed by atoms with E-state index in [2.05, 4.69) is 5.43 Å². The number of hydrazine groups is 1. The van der Waals surface area contributed by atoms with Crippen molar-refractivity contribution in [3.8, 4) is 0 Å². The van der Waals surface area contributed by atoms with Crippen LogP contribution in [0.15, 0.2) is 0 Å². The molecule has 0 aromatic rings. The molecule has 4 heteroatoms. The van der Waals surface area contributed by atoms with Crippen LogP contribution in [0.5, 0.6) is 0 Å². The van der Waals surface area contributed by atoms with Crippen molar-refractivity contribution in [2.45, 2.75) is 19.1 Å². The lowest BCUT2D eigenvalue weighted by Gasteiger charge is -2.12. The van der Waals surface area contributed by atoms with Crippen molar-refractivity contribution in [3.63, 3.8) is 0 Å². The van der Waals surface area contributed by atoms with Crippen LogP contribution in [-0.2, 0) is 9.53 Å². The summed E-state index contributed by atoms with van der Waals surface area (Å²) in [5, 5.41) is 1.42. The van der Waals surface area contributed by atoms with Gasteiger partial charge in [0.1, 0.15) is 0 Å². The number of hydrogen-bond acceptors (Lipinski definition) is 3. The molecule has 4 nitrogen and oxygen atoms in total. The minimum absolute atomic E-state index is 0.00463. The highest BCUT2D eigenvalue weighted by atomic mass is 16.6. The molecule has 1 saturated heterocycles. The maximum atomic E-state index is 11.1. The normalized spacial score (nSPS) is 29.9. The van der Waals surface area contributed by atoms with E-state index in [1.165, 1.54) is 5.01 Å². The summed E-state index contributed by atoms with van der Waals surface area (Å²) in [6.45, 7) is 1.88. The Morgan fingerprint density at radius 3 is 2.50 bits per heavy atom. The van der Waals surface area contributed by atoms with Crippen molar-refractivity contribution in [1.29, 1.82) is 0 Å². The maximum absolute atomic E-state index is 11.1. The maximum Gasteiger partial charge on any atom is 0.268 e. The molecule has 0 saturated carbocycles. The predicted octanol–water partition coefficient (Wildman–Crippen LogP) is -0.634. The van der Waals surface area contributed by atoms with E-state index in [0.717, 1.165) is 0 Å². The van der Waals surface area contributed by atoms with Gasteiger partial charge in [-0.05, 0) is 6.92 Å². The van der Waals surface area contributed by atoms with E-state index in [0.29, 0.717) is 0 Å². The average Bonchev–Trinajstić information content (AvgIpc) is 2.63. The number of nitrogens with one attached hydrogen (secondary N) is 1. The fourth-order valence-electron chi connectivity index (χ4n) is 0.746. The summed E-state index contributed by atoms with van der Waals surface area (Å²) in [6, 6.07) is 0. The summed E-state index contributed by atoms with van der Waals surface area (Å²) < 4.78 is 4.97. The molecule has 0 aliphatic carbocycles. The Balaban J connectivity index is 2.35. The Morgan fingerprint density at radius 1 is 1.70 bits per heavy atom. The molecule has 0 aromatic carbocycles. The van der Waals surface area contributed by atoms with Crippen molar-refractivity contribution < 1.29 is 9.53 Å². The van der Waals surface area contributed by atoms with E-state index in [9.17, 15) is 4.79 Å². The van der Waals surface area contributed by atoms with Gasteiger partial charge in [0.15, 0.2) is 6.10 Å². The Hall–Kier alpha value is -0.610. The van der Waals surface area contributed by atoms with Crippen LogP contribution in [0, 0.1) is 0 Å². The molecule has 1 aliphatic heterocycles. The standard InChI is InChI=1S/C6H12N2O2/c1-4-5(10-4)6(9)8(3)7-2/h4-5,7H,1-3H3. The zero-order chi connectivity index (χ0) is 7.72. The number of carbonyl (C=O) groups is 1. The van der Waals surface area contributed by atoms with Crippen molar-refractivity contribution >= 4 is 5.91 Å². The number of ether oxygens (including phenoxy) is 1. The van der Waals surface area contributed by atoms with Crippen LogP contribution in [0.25, 0.3) is 0 Å². The third-order valence-electron chi connectivity index (χ3n) is 1.62. The van der Waals surface area contributed by atoms with Crippen LogP contribution in [-0.4, -0.2) is 37.2 Å². The average molecular weight is 144 g/mol. The minimum Gasteiger partial charge on any atom is -0.359 e. The summed E-state index contributed by atoms with van der Waals surface area (Å²) in [7, 11) is 3.38. The fourth-order valence-corrected chi connectivity index (χ4v) is 0.746. The number of carbonyl (C=O) groups excluding carboxylic acids is 1. The second kappa shape index (κ2) is 2.56. The van der Waals surface area contributed by atoms with Crippen LogP contribution >= 0.6 is 0 Å². The van der Waals surface area contributed by atoms with E-state index in [4.69, 9.17) is 4.74 Å². The lowest BCUT2D eigenvalue weighted by molar-refractivity contribution is -0.133. The first kappa shape index (κ1) is 7.50. The second-order valence-electron chi connectivity index (χ2n) is 2.38. The smallest absolute Gasteiger partial charge is 0.268 e. The topological polar surface area (TPSA) is 44.9 Å². The van der Waals surface area contributed by atoms with E-state index in [-0.39, 0.29) is 18.1 Å². The summed E-state index contributed by atoms with van der Waals surface area (Å²) in [6.07, 6.45) is -0.110. The highest BCUT2D eigenvalue weighted by Gasteiger charge is 2.42. The molecule has 1 aliphatic rings. The van der Waals surface area contributed by atoms with E-state index in [1.807, 2.05) is 6.92 Å². The summed E-state index contributed by atoms with van der Waals surface area (Å²) in [4.78, 5) is 11.1. The molecular weight excluding hydrogens is 132 g/mol. The minimum atomic E-state index is -0.211. The summed E-state index contributed by atoms with van der Waals surface area (Å²) in [5.41, 5.74) is 2.71. The molecule has 0 aromatic heterocycles. The number of nitrogens with zero attached hydrogens (tertiary/aromatic N) is 1. The second-order valence-corrected chi connectivity index (χ2v) is 2.38. The first-order chi connectivity index (χ1) is 4.66. The van der Waals surface area contributed by atoms with Crippen LogP contribution in [0.2, 0.25) is 0 Å². The molecule has 58 valence electrons. The van der Waals surface area contributed by atoms with Gasteiger partial charge < -0.3 is 4.74 Å². The number of rotatable bonds is 2. The van der Waals surface area contributed by atoms with E-state index < -0.39 is 0 Å². The van der Waals surface area contributed by atoms with Gasteiger partial charge in [-0.3, -0.25) is 9.80 Å². The van der Waals surface area contributed by atoms with Gasteiger partial charge in [-0.15, -0.1) is 0 Å². The summed E-state index contributed by atoms with van der Waals surface area (Å²) in [5.74, 6) is -0.00463. The zero-order valence-corrected chi connectivity index (χ0v) is 6.42. The molecule has 1 rings (SSSR count). The van der Waals surface area contributed by atoms with Gasteiger partial charge in [0, 0.05) is 14.1 Å². The molecule has 2 atom stereocenters. The van der Waals surface area contributed by atoms with E-state index >= 15 is 0 Å². The van der Waals surface area contributed by atoms with Gasteiger partial charge in [-0.25, -0.2) is 5.43 Å². The van der Waals surface area contributed by atoms with Gasteiger partial charge in [0.2, 0.25) is 0 Å². The monoisotopic (exact) mass is 144 g/mol. The van der Waals surface area contributed by atoms with Crippen LogP contribution in [0.1, 0.15) is 6.92 Å². The van der Waals surface area contributed by atoms with E-state index in [1.54, 1.807) is 14.1 Å². The van der Waals surface area contributed by atoms with Gasteiger partial charge in [0.25, 0.3) is 5.91 Å². The lowest BCUT2D eigenvalue weighted by atomic mass is 10.3. The van der Waals surface area contributed by atoms with Crippen molar-refractivity contribution in [2.24, 2.45) is 0 Å². The molecule has 0 spiro atoms. The van der Waals surface area contributed by atoms with Gasteiger partial charge in [-0.1, -0.05) is 0 Å². The number of hydrogen-bond donors (Lipinski definition) is 1. The Kier molecular flexibility index (Phi) is 1.92. The molecule has 0 radical (unpaired) electrons. The Bertz CT molecular complexity index is 143. The SMILES string of the molecule is CNN(C)C(=O)C1OC1C. The quantitative estimate of drug-likeness (QED) is 0.414. The molecule has 1 N–H and O–H groups in total. The third-order valence-corrected chi connectivity index (χ3v) is 1.62. The first-order valence-electron chi connectivity index (χ1n) is 3.27. The summed E-state index contributed by atoms with van der Waals surface area (Å²) >= 11 is 0. The number of likely N-dealkylation sites (N-methyl/N-ethyl adjacent to an activating group) is 1. The zero-order valence-electron chi connectivity index (χ0n) is 6.42. The fraction of sp³-hybridized carbons (Fsp3) is 0.833. The van der Waals surface area contributed by atoms with Crippen LogP contribution in [0.3, 0.4) is 0 Å². The molecule has 1 amide bonds. The van der Waals surface area contributed by atoms with Gasteiger partial charge in [-0.2, -0.15) is 0 Å². The Morgan fingerprint density at radius 2 is 2.20 bits per heavy atom. The van der Waals surface area contributed by atoms with Crippen molar-refractivity contribution in [3.05, 3.63) is 0 Å². The molecule has 10 heavy (non-hydrogen) atoms. The van der Waals surface area contributed by atoms with Crippen LogP contribution in [0.4, 0.5) is 0 Å². The highest BCUT2D eigenvalue weighted by molar-refractivity contribution is 5.82. The molecular formula is C6H12N2O2. The number of amides is 1. The molecule has 2 unspecified atom stereocenters. The molecule has 0 bridgehead atoms.